The van der Waals surface area contributed by atoms with Gasteiger partial charge in [-0.05, 0) is 56.4 Å². The molecule has 1 unspecified atom stereocenters. The molecule has 3 aliphatic heterocycles. The van der Waals surface area contributed by atoms with Gasteiger partial charge in [0.05, 0.1) is 0 Å². The Bertz CT molecular complexity index is 515. The summed E-state index contributed by atoms with van der Waals surface area (Å²) in [6, 6.07) is 1.13. The van der Waals surface area contributed by atoms with Gasteiger partial charge in [-0.2, -0.15) is 0 Å². The lowest BCUT2D eigenvalue weighted by molar-refractivity contribution is 0.0990. The van der Waals surface area contributed by atoms with Crippen LogP contribution < -0.4 is 0 Å². The van der Waals surface area contributed by atoms with Crippen LogP contribution in [0.5, 0.6) is 0 Å². The molecule has 5 nitrogen and oxygen atoms in total. The predicted molar refractivity (Wildman–Crippen MR) is 83.5 cm³/mol. The van der Waals surface area contributed by atoms with Crippen molar-refractivity contribution in [1.82, 2.24) is 19.8 Å². The molecule has 3 saturated heterocycles. The number of hydrogen-bond acceptors (Lipinski definition) is 3. The summed E-state index contributed by atoms with van der Waals surface area (Å²) >= 11 is 0. The molecule has 0 spiro atoms. The zero-order chi connectivity index (χ0) is 14.9. The number of piperidine rings is 2. The molecule has 0 saturated carbocycles. The molecular weight excluding hydrogens is 276 g/mol. The minimum atomic E-state index is 0.301. The van der Waals surface area contributed by atoms with Crippen molar-refractivity contribution < 1.29 is 4.79 Å². The van der Waals surface area contributed by atoms with Gasteiger partial charge in [0.2, 0.25) is 0 Å². The maximum Gasteiger partial charge on any atom is 0.320 e. The van der Waals surface area contributed by atoms with Crippen LogP contribution in [0.1, 0.15) is 56.4 Å². The maximum absolute atomic E-state index is 12.9. The molecule has 0 N–H and O–H groups in total. The highest BCUT2D eigenvalue weighted by atomic mass is 16.2. The molecular formula is C17H24N4O. The van der Waals surface area contributed by atoms with E-state index in [1.807, 2.05) is 12.4 Å². The van der Waals surface area contributed by atoms with E-state index in [0.29, 0.717) is 24.0 Å². The number of rotatable bonds is 1. The third-order valence-corrected chi connectivity index (χ3v) is 5.63. The van der Waals surface area contributed by atoms with Crippen molar-refractivity contribution in [3.8, 4) is 0 Å². The van der Waals surface area contributed by atoms with Crippen LogP contribution >= 0.6 is 0 Å². The first kappa shape index (κ1) is 14.0. The summed E-state index contributed by atoms with van der Waals surface area (Å²) in [5.41, 5.74) is 1.24. The van der Waals surface area contributed by atoms with Crippen LogP contribution in [0.25, 0.3) is 0 Å². The SMILES string of the molecule is O=C(N1CCCCC1)N1[C@@H]2CC[C@H]1CC(c1cncnc1)C2. The third-order valence-electron chi connectivity index (χ3n) is 5.63. The van der Waals surface area contributed by atoms with Gasteiger partial charge in [-0.15, -0.1) is 0 Å². The van der Waals surface area contributed by atoms with Crippen LogP contribution in [-0.2, 0) is 0 Å². The summed E-state index contributed by atoms with van der Waals surface area (Å²) in [5.74, 6) is 0.518. The van der Waals surface area contributed by atoms with Gasteiger partial charge in [0.1, 0.15) is 6.33 Å². The van der Waals surface area contributed by atoms with Gasteiger partial charge in [0, 0.05) is 37.6 Å². The quantitative estimate of drug-likeness (QED) is 0.801. The molecule has 1 aromatic heterocycles. The second-order valence-electron chi connectivity index (χ2n) is 6.96. The highest BCUT2D eigenvalue weighted by Gasteiger charge is 2.44. The first-order valence-electron chi connectivity index (χ1n) is 8.65. The van der Waals surface area contributed by atoms with Gasteiger partial charge < -0.3 is 9.80 Å². The molecule has 0 aliphatic carbocycles. The van der Waals surface area contributed by atoms with E-state index in [-0.39, 0.29) is 0 Å². The van der Waals surface area contributed by atoms with Gasteiger partial charge in [0.15, 0.2) is 0 Å². The number of hydrogen-bond donors (Lipinski definition) is 0. The second-order valence-corrected chi connectivity index (χ2v) is 6.96. The van der Waals surface area contributed by atoms with E-state index in [9.17, 15) is 4.79 Å². The second kappa shape index (κ2) is 5.86. The van der Waals surface area contributed by atoms with E-state index in [4.69, 9.17) is 0 Å². The Morgan fingerprint density at radius 1 is 1.00 bits per heavy atom. The van der Waals surface area contributed by atoms with E-state index in [1.165, 1.54) is 24.8 Å². The van der Waals surface area contributed by atoms with Gasteiger partial charge in [-0.1, -0.05) is 0 Å². The van der Waals surface area contributed by atoms with Crippen molar-refractivity contribution >= 4 is 6.03 Å². The Balaban J connectivity index is 1.48. The van der Waals surface area contributed by atoms with Crippen LogP contribution in [0, 0.1) is 0 Å². The Hall–Kier alpha value is -1.65. The van der Waals surface area contributed by atoms with Gasteiger partial charge in [-0.3, -0.25) is 0 Å². The van der Waals surface area contributed by atoms with E-state index >= 15 is 0 Å². The molecule has 3 fully saturated rings. The fourth-order valence-corrected chi connectivity index (χ4v) is 4.53. The lowest BCUT2D eigenvalue weighted by Crippen LogP contribution is -2.53. The van der Waals surface area contributed by atoms with Crippen LogP contribution in [0.15, 0.2) is 18.7 Å². The standard InChI is InChI=1S/C17H24N4O/c22-17(20-6-2-1-3-7-20)21-15-4-5-16(21)9-13(8-15)14-10-18-12-19-11-14/h10-13,15-16H,1-9H2/t13?,15-,16+. The van der Waals surface area contributed by atoms with Crippen LogP contribution in [0.2, 0.25) is 0 Å². The monoisotopic (exact) mass is 300 g/mol. The topological polar surface area (TPSA) is 49.3 Å². The average Bonchev–Trinajstić information content (AvgIpc) is 2.85. The molecule has 22 heavy (non-hydrogen) atoms. The molecule has 2 amide bonds. The van der Waals surface area contributed by atoms with Crippen molar-refractivity contribution in [3.05, 3.63) is 24.3 Å². The van der Waals surface area contributed by atoms with Crippen LogP contribution in [-0.4, -0.2) is 51.0 Å². The van der Waals surface area contributed by atoms with E-state index in [2.05, 4.69) is 19.8 Å². The summed E-state index contributed by atoms with van der Waals surface area (Å²) < 4.78 is 0. The van der Waals surface area contributed by atoms with Crippen molar-refractivity contribution in [2.45, 2.75) is 62.9 Å². The number of carbonyl (C=O) groups is 1. The van der Waals surface area contributed by atoms with Gasteiger partial charge in [0.25, 0.3) is 0 Å². The minimum absolute atomic E-state index is 0.301. The smallest absolute Gasteiger partial charge is 0.320 e. The zero-order valence-electron chi connectivity index (χ0n) is 13.0. The Kier molecular flexibility index (Phi) is 3.72. The molecule has 0 radical (unpaired) electrons. The van der Waals surface area contributed by atoms with Gasteiger partial charge >= 0.3 is 6.03 Å². The summed E-state index contributed by atoms with van der Waals surface area (Å²) in [5, 5.41) is 0. The summed E-state index contributed by atoms with van der Waals surface area (Å²) in [7, 11) is 0. The largest absolute Gasteiger partial charge is 0.325 e. The Morgan fingerprint density at radius 2 is 1.64 bits per heavy atom. The molecule has 2 bridgehead atoms. The molecule has 118 valence electrons. The maximum atomic E-state index is 12.9. The van der Waals surface area contributed by atoms with Crippen LogP contribution in [0.4, 0.5) is 4.79 Å². The third kappa shape index (κ3) is 2.46. The van der Waals surface area contributed by atoms with E-state index in [1.54, 1.807) is 6.33 Å². The molecule has 0 aromatic carbocycles. The summed E-state index contributed by atoms with van der Waals surface area (Å²) in [6.45, 7) is 1.90. The van der Waals surface area contributed by atoms with E-state index < -0.39 is 0 Å². The van der Waals surface area contributed by atoms with Crippen molar-refractivity contribution in [2.24, 2.45) is 0 Å². The number of aromatic nitrogens is 2. The normalized spacial score (nSPS) is 31.4. The Labute approximate surface area is 131 Å². The first-order valence-corrected chi connectivity index (χ1v) is 8.65. The lowest BCUT2D eigenvalue weighted by atomic mass is 9.86. The highest BCUT2D eigenvalue weighted by molar-refractivity contribution is 5.76. The lowest BCUT2D eigenvalue weighted by Gasteiger charge is -2.42. The number of urea groups is 1. The average molecular weight is 300 g/mol. The predicted octanol–water partition coefficient (Wildman–Crippen LogP) is 2.79. The molecule has 4 heterocycles. The Morgan fingerprint density at radius 3 is 2.27 bits per heavy atom. The molecule has 5 heteroatoms. The molecule has 1 aromatic rings. The number of likely N-dealkylation sites (tertiary alicyclic amines) is 1. The van der Waals surface area contributed by atoms with Crippen molar-refractivity contribution in [2.75, 3.05) is 13.1 Å². The van der Waals surface area contributed by atoms with Crippen LogP contribution in [0.3, 0.4) is 0 Å². The number of nitrogens with zero attached hydrogens (tertiary/aromatic N) is 4. The summed E-state index contributed by atoms with van der Waals surface area (Å²) in [6.07, 6.45) is 13.5. The fourth-order valence-electron chi connectivity index (χ4n) is 4.53. The van der Waals surface area contributed by atoms with Gasteiger partial charge in [-0.25, -0.2) is 14.8 Å². The first-order chi connectivity index (χ1) is 10.8. The summed E-state index contributed by atoms with van der Waals surface area (Å²) in [4.78, 5) is 25.5. The number of amides is 2. The highest BCUT2D eigenvalue weighted by Crippen LogP contribution is 2.43. The number of fused-ring (bicyclic) bond motifs is 2. The number of carbonyl (C=O) groups excluding carboxylic acids is 1. The van der Waals surface area contributed by atoms with Crippen molar-refractivity contribution in [3.63, 3.8) is 0 Å². The molecule has 3 aliphatic rings. The van der Waals surface area contributed by atoms with E-state index in [0.717, 1.165) is 38.8 Å². The van der Waals surface area contributed by atoms with Crippen molar-refractivity contribution in [1.29, 1.82) is 0 Å². The zero-order valence-corrected chi connectivity index (χ0v) is 13.0. The minimum Gasteiger partial charge on any atom is -0.325 e. The molecule has 3 atom stereocenters. The fraction of sp³-hybridized carbons (Fsp3) is 0.706. The molecule has 4 rings (SSSR count).